The van der Waals surface area contributed by atoms with Crippen LogP contribution in [0.15, 0.2) is 18.2 Å². The summed E-state index contributed by atoms with van der Waals surface area (Å²) in [6, 6.07) is 4.29. The van der Waals surface area contributed by atoms with Crippen LogP contribution < -0.4 is 4.74 Å². The van der Waals surface area contributed by atoms with E-state index in [0.29, 0.717) is 24.8 Å². The van der Waals surface area contributed by atoms with Crippen LogP contribution in [-0.2, 0) is 11.3 Å². The Kier molecular flexibility index (Phi) is 5.28. The lowest BCUT2D eigenvalue weighted by atomic mass is 10.00. The summed E-state index contributed by atoms with van der Waals surface area (Å²) >= 11 is 0. The fraction of sp³-hybridized carbons (Fsp3) is 0.471. The second-order valence-electron chi connectivity index (χ2n) is 5.91. The maximum Gasteiger partial charge on any atom is 0.257 e. The summed E-state index contributed by atoms with van der Waals surface area (Å²) in [5, 5.41) is 7.03. The molecular formula is C17H21FN4O3. The van der Waals surface area contributed by atoms with Crippen LogP contribution >= 0.6 is 0 Å². The van der Waals surface area contributed by atoms with Crippen LogP contribution in [0.4, 0.5) is 4.39 Å². The van der Waals surface area contributed by atoms with Crippen LogP contribution in [-0.4, -0.2) is 46.8 Å². The summed E-state index contributed by atoms with van der Waals surface area (Å²) in [6.07, 6.45) is 2.56. The molecule has 1 saturated heterocycles. The van der Waals surface area contributed by atoms with Crippen molar-refractivity contribution in [2.45, 2.75) is 31.9 Å². The van der Waals surface area contributed by atoms with Crippen molar-refractivity contribution in [2.75, 3.05) is 20.8 Å². The zero-order chi connectivity index (χ0) is 17.8. The third-order valence-corrected chi connectivity index (χ3v) is 4.31. The van der Waals surface area contributed by atoms with Crippen molar-refractivity contribution in [3.63, 3.8) is 0 Å². The highest BCUT2D eigenvalue weighted by atomic mass is 19.1. The average Bonchev–Trinajstić information content (AvgIpc) is 3.10. The number of methoxy groups -OCH3 is 2. The molecule has 2 aromatic rings. The highest BCUT2D eigenvalue weighted by Crippen LogP contribution is 2.31. The molecule has 25 heavy (non-hydrogen) atoms. The predicted molar refractivity (Wildman–Crippen MR) is 87.7 cm³/mol. The third kappa shape index (κ3) is 3.48. The van der Waals surface area contributed by atoms with Gasteiger partial charge in [-0.25, -0.2) is 9.37 Å². The van der Waals surface area contributed by atoms with E-state index in [1.807, 2.05) is 0 Å². The number of halogens is 1. The Morgan fingerprint density at radius 2 is 2.24 bits per heavy atom. The van der Waals surface area contributed by atoms with Gasteiger partial charge in [0.15, 0.2) is 23.2 Å². The first-order valence-corrected chi connectivity index (χ1v) is 8.19. The number of amides is 1. The SMILES string of the molecule is COCc1nc(C2CCCCN2C(=O)c2cccc(OC)c2F)n[nH]1. The molecule has 7 nitrogen and oxygen atoms in total. The van der Waals surface area contributed by atoms with Crippen molar-refractivity contribution in [2.24, 2.45) is 0 Å². The van der Waals surface area contributed by atoms with Gasteiger partial charge in [-0.3, -0.25) is 9.89 Å². The maximum absolute atomic E-state index is 14.5. The summed E-state index contributed by atoms with van der Waals surface area (Å²) in [6.45, 7) is 0.854. The molecule has 134 valence electrons. The second-order valence-corrected chi connectivity index (χ2v) is 5.91. The molecule has 1 fully saturated rings. The highest BCUT2D eigenvalue weighted by Gasteiger charge is 2.33. The topological polar surface area (TPSA) is 80.3 Å². The van der Waals surface area contributed by atoms with Gasteiger partial charge >= 0.3 is 0 Å². The number of carbonyl (C=O) groups is 1. The second kappa shape index (κ2) is 7.60. The van der Waals surface area contributed by atoms with Gasteiger partial charge in [-0.2, -0.15) is 5.10 Å². The monoisotopic (exact) mass is 348 g/mol. The number of ether oxygens (including phenoxy) is 2. The zero-order valence-electron chi connectivity index (χ0n) is 14.3. The molecule has 3 rings (SSSR count). The number of hydrogen-bond donors (Lipinski definition) is 1. The van der Waals surface area contributed by atoms with Crippen LogP contribution in [0.25, 0.3) is 0 Å². The van der Waals surface area contributed by atoms with E-state index in [1.54, 1.807) is 18.1 Å². The molecule has 1 amide bonds. The van der Waals surface area contributed by atoms with Gasteiger partial charge < -0.3 is 14.4 Å². The van der Waals surface area contributed by atoms with Gasteiger partial charge in [0.25, 0.3) is 5.91 Å². The Morgan fingerprint density at radius 3 is 3.00 bits per heavy atom. The van der Waals surface area contributed by atoms with Crippen LogP contribution in [0.2, 0.25) is 0 Å². The van der Waals surface area contributed by atoms with E-state index in [2.05, 4.69) is 15.2 Å². The Hall–Kier alpha value is -2.48. The molecule has 0 aliphatic carbocycles. The van der Waals surface area contributed by atoms with E-state index in [4.69, 9.17) is 9.47 Å². The quantitative estimate of drug-likeness (QED) is 0.898. The van der Waals surface area contributed by atoms with Gasteiger partial charge in [0.2, 0.25) is 0 Å². The molecule has 1 aliphatic rings. The van der Waals surface area contributed by atoms with Gasteiger partial charge in [-0.15, -0.1) is 0 Å². The molecular weight excluding hydrogens is 327 g/mol. The highest BCUT2D eigenvalue weighted by molar-refractivity contribution is 5.95. The molecule has 1 aromatic carbocycles. The lowest BCUT2D eigenvalue weighted by Crippen LogP contribution is -2.39. The molecule has 0 spiro atoms. The Balaban J connectivity index is 1.88. The number of piperidine rings is 1. The predicted octanol–water partition coefficient (Wildman–Crippen LogP) is 2.47. The number of H-pyrrole nitrogens is 1. The molecule has 0 radical (unpaired) electrons. The molecule has 2 heterocycles. The molecule has 1 aliphatic heterocycles. The largest absolute Gasteiger partial charge is 0.494 e. The van der Waals surface area contributed by atoms with Gasteiger partial charge in [0.1, 0.15) is 6.61 Å². The summed E-state index contributed by atoms with van der Waals surface area (Å²) < 4.78 is 24.5. The fourth-order valence-electron chi connectivity index (χ4n) is 3.09. The number of nitrogens with one attached hydrogen (secondary N) is 1. The number of aromatic nitrogens is 3. The van der Waals surface area contributed by atoms with Crippen molar-refractivity contribution >= 4 is 5.91 Å². The number of nitrogens with zero attached hydrogens (tertiary/aromatic N) is 3. The summed E-state index contributed by atoms with van der Waals surface area (Å²) in [5.41, 5.74) is -0.00102. The summed E-state index contributed by atoms with van der Waals surface area (Å²) in [7, 11) is 2.95. The Labute approximate surface area is 145 Å². The van der Waals surface area contributed by atoms with Crippen LogP contribution in [0, 0.1) is 5.82 Å². The lowest BCUT2D eigenvalue weighted by Gasteiger charge is -2.34. The minimum absolute atomic E-state index is 0.00102. The Morgan fingerprint density at radius 1 is 1.40 bits per heavy atom. The van der Waals surface area contributed by atoms with Crippen molar-refractivity contribution in [3.05, 3.63) is 41.2 Å². The normalized spacial score (nSPS) is 17.6. The van der Waals surface area contributed by atoms with Crippen molar-refractivity contribution < 1.29 is 18.7 Å². The van der Waals surface area contributed by atoms with Crippen LogP contribution in [0.1, 0.15) is 47.3 Å². The average molecular weight is 348 g/mol. The minimum Gasteiger partial charge on any atom is -0.494 e. The van der Waals surface area contributed by atoms with Crippen LogP contribution in [0.3, 0.4) is 0 Å². The number of likely N-dealkylation sites (tertiary alicyclic amines) is 1. The number of rotatable bonds is 5. The van der Waals surface area contributed by atoms with Crippen LogP contribution in [0.5, 0.6) is 5.75 Å². The third-order valence-electron chi connectivity index (χ3n) is 4.31. The molecule has 1 aromatic heterocycles. The minimum atomic E-state index is -0.644. The lowest BCUT2D eigenvalue weighted by molar-refractivity contribution is 0.0594. The smallest absolute Gasteiger partial charge is 0.257 e. The molecule has 1 unspecified atom stereocenters. The van der Waals surface area contributed by atoms with Gasteiger partial charge in [0, 0.05) is 13.7 Å². The first-order valence-electron chi connectivity index (χ1n) is 8.19. The van der Waals surface area contributed by atoms with E-state index >= 15 is 0 Å². The van der Waals surface area contributed by atoms with Crippen molar-refractivity contribution in [3.8, 4) is 5.75 Å². The molecule has 1 N–H and O–H groups in total. The van der Waals surface area contributed by atoms with E-state index < -0.39 is 5.82 Å². The van der Waals surface area contributed by atoms with Crippen molar-refractivity contribution in [1.29, 1.82) is 0 Å². The summed E-state index contributed by atoms with van der Waals surface area (Å²) in [5.74, 6) is 0.166. The van der Waals surface area contributed by atoms with E-state index in [0.717, 1.165) is 19.3 Å². The van der Waals surface area contributed by atoms with Gasteiger partial charge in [-0.05, 0) is 31.4 Å². The van der Waals surface area contributed by atoms with Crippen molar-refractivity contribution in [1.82, 2.24) is 20.1 Å². The molecule has 1 atom stereocenters. The maximum atomic E-state index is 14.5. The first-order chi connectivity index (χ1) is 12.2. The van der Waals surface area contributed by atoms with Gasteiger partial charge in [-0.1, -0.05) is 6.07 Å². The Bertz CT molecular complexity index is 749. The molecule has 0 saturated carbocycles. The first kappa shape index (κ1) is 17.3. The van der Waals surface area contributed by atoms with Gasteiger partial charge in [0.05, 0.1) is 18.7 Å². The molecule has 8 heteroatoms. The standard InChI is InChI=1S/C17H21FN4O3/c1-24-10-14-19-16(21-20-14)12-7-3-4-9-22(12)17(23)11-6-5-8-13(25-2)15(11)18/h5-6,8,12H,3-4,7,9-10H2,1-2H3,(H,19,20,21). The number of carbonyl (C=O) groups excluding carboxylic acids is 1. The zero-order valence-corrected chi connectivity index (χ0v) is 14.3. The van der Waals surface area contributed by atoms with E-state index in [-0.39, 0.29) is 23.3 Å². The fourth-order valence-corrected chi connectivity index (χ4v) is 3.09. The van der Waals surface area contributed by atoms with E-state index in [1.165, 1.54) is 19.2 Å². The number of hydrogen-bond acceptors (Lipinski definition) is 5. The summed E-state index contributed by atoms with van der Waals surface area (Å²) in [4.78, 5) is 19.0. The van der Waals surface area contributed by atoms with E-state index in [9.17, 15) is 9.18 Å². The number of benzene rings is 1. The number of aromatic amines is 1. The molecule has 0 bridgehead atoms.